The van der Waals surface area contributed by atoms with Crippen LogP contribution in [0, 0.1) is 12.7 Å². The molecule has 1 amide bonds. The second-order valence-electron chi connectivity index (χ2n) is 4.52. The van der Waals surface area contributed by atoms with Gasteiger partial charge < -0.3 is 4.90 Å². The molecule has 0 N–H and O–H groups in total. The second kappa shape index (κ2) is 5.53. The Balaban J connectivity index is 2.22. The Kier molecular flexibility index (Phi) is 4.00. The Morgan fingerprint density at radius 3 is 2.53 bits per heavy atom. The van der Waals surface area contributed by atoms with Gasteiger partial charge in [-0.15, -0.1) is 11.3 Å². The molecule has 0 saturated carbocycles. The molecule has 0 saturated heterocycles. The number of amides is 1. The van der Waals surface area contributed by atoms with E-state index in [0.29, 0.717) is 0 Å². The van der Waals surface area contributed by atoms with Gasteiger partial charge >= 0.3 is 0 Å². The molecule has 1 heterocycles. The number of carbonyl (C=O) groups is 1. The molecular formula is C15H16FNOS. The highest BCUT2D eigenvalue weighted by Gasteiger charge is 2.21. The topological polar surface area (TPSA) is 20.3 Å². The van der Waals surface area contributed by atoms with Crippen LogP contribution in [0.4, 0.5) is 4.39 Å². The molecule has 2 rings (SSSR count). The Hall–Kier alpha value is -1.68. The van der Waals surface area contributed by atoms with Crippen LogP contribution in [0.15, 0.2) is 36.4 Å². The first-order valence-corrected chi connectivity index (χ1v) is 6.90. The average Bonchev–Trinajstić information content (AvgIpc) is 2.83. The van der Waals surface area contributed by atoms with Crippen molar-refractivity contribution >= 4 is 17.2 Å². The molecule has 0 aliphatic carbocycles. The molecule has 0 bridgehead atoms. The largest absolute Gasteiger partial charge is 0.334 e. The molecule has 0 fully saturated rings. The van der Waals surface area contributed by atoms with Crippen LogP contribution in [0.5, 0.6) is 0 Å². The number of nitrogens with zero attached hydrogens (tertiary/aromatic N) is 1. The fourth-order valence-corrected chi connectivity index (χ4v) is 2.84. The van der Waals surface area contributed by atoms with Gasteiger partial charge in [-0.2, -0.15) is 0 Å². The third-order valence-electron chi connectivity index (χ3n) is 3.18. The van der Waals surface area contributed by atoms with Gasteiger partial charge in [-0.25, -0.2) is 4.39 Å². The van der Waals surface area contributed by atoms with Gasteiger partial charge in [0.1, 0.15) is 5.82 Å². The van der Waals surface area contributed by atoms with Crippen molar-refractivity contribution in [2.75, 3.05) is 7.05 Å². The average molecular weight is 277 g/mol. The van der Waals surface area contributed by atoms with Crippen LogP contribution in [-0.4, -0.2) is 17.9 Å². The van der Waals surface area contributed by atoms with Gasteiger partial charge in [-0.3, -0.25) is 4.79 Å². The lowest BCUT2D eigenvalue weighted by Gasteiger charge is -2.24. The van der Waals surface area contributed by atoms with Crippen LogP contribution in [0.2, 0.25) is 0 Å². The van der Waals surface area contributed by atoms with E-state index in [1.54, 1.807) is 35.4 Å². The lowest BCUT2D eigenvalue weighted by Crippen LogP contribution is -2.29. The van der Waals surface area contributed by atoms with Crippen molar-refractivity contribution in [2.24, 2.45) is 0 Å². The predicted molar refractivity (Wildman–Crippen MR) is 76.0 cm³/mol. The fraction of sp³-hybridized carbons (Fsp3) is 0.267. The molecule has 1 aromatic heterocycles. The van der Waals surface area contributed by atoms with Gasteiger partial charge in [0.15, 0.2) is 0 Å². The summed E-state index contributed by atoms with van der Waals surface area (Å²) in [5, 5.41) is 0. The molecule has 1 unspecified atom stereocenters. The van der Waals surface area contributed by atoms with Crippen molar-refractivity contribution in [1.82, 2.24) is 4.90 Å². The molecule has 0 radical (unpaired) electrons. The number of aryl methyl sites for hydroxylation is 1. The third-order valence-corrected chi connectivity index (χ3v) is 4.35. The highest BCUT2D eigenvalue weighted by molar-refractivity contribution is 7.12. The standard InChI is InChI=1S/C15H16FNOS/c1-10-8-9-14(19-10)11(2)17(3)15(18)12-6-4-5-7-13(12)16/h4-9,11H,1-3H3. The molecule has 4 heteroatoms. The Bertz CT molecular complexity index is 593. The van der Waals surface area contributed by atoms with E-state index < -0.39 is 5.82 Å². The lowest BCUT2D eigenvalue weighted by molar-refractivity contribution is 0.0740. The first kappa shape index (κ1) is 13.7. The van der Waals surface area contributed by atoms with Crippen LogP contribution in [0.3, 0.4) is 0 Å². The number of rotatable bonds is 3. The highest BCUT2D eigenvalue weighted by atomic mass is 32.1. The minimum atomic E-state index is -0.478. The number of hydrogen-bond donors (Lipinski definition) is 0. The minimum absolute atomic E-state index is 0.0641. The molecule has 1 aromatic carbocycles. The second-order valence-corrected chi connectivity index (χ2v) is 5.84. The molecule has 0 aliphatic heterocycles. The molecule has 2 nitrogen and oxygen atoms in total. The molecule has 100 valence electrons. The summed E-state index contributed by atoms with van der Waals surface area (Å²) in [7, 11) is 1.70. The normalized spacial score (nSPS) is 12.2. The smallest absolute Gasteiger partial charge is 0.257 e. The van der Waals surface area contributed by atoms with Gasteiger partial charge in [-0.05, 0) is 38.1 Å². The highest BCUT2D eigenvalue weighted by Crippen LogP contribution is 2.27. The van der Waals surface area contributed by atoms with Crippen molar-refractivity contribution in [3.63, 3.8) is 0 Å². The molecule has 0 spiro atoms. The van der Waals surface area contributed by atoms with Crippen LogP contribution in [-0.2, 0) is 0 Å². The van der Waals surface area contributed by atoms with Crippen molar-refractivity contribution in [3.05, 3.63) is 57.5 Å². The van der Waals surface area contributed by atoms with Crippen LogP contribution in [0.1, 0.15) is 33.1 Å². The Labute approximate surface area is 116 Å². The van der Waals surface area contributed by atoms with E-state index in [1.807, 2.05) is 26.0 Å². The summed E-state index contributed by atoms with van der Waals surface area (Å²) in [6, 6.07) is 10.0. The summed E-state index contributed by atoms with van der Waals surface area (Å²) >= 11 is 1.65. The van der Waals surface area contributed by atoms with Crippen LogP contribution < -0.4 is 0 Å². The zero-order chi connectivity index (χ0) is 14.0. The summed E-state index contributed by atoms with van der Waals surface area (Å²) in [6.07, 6.45) is 0. The van der Waals surface area contributed by atoms with Crippen molar-refractivity contribution in [3.8, 4) is 0 Å². The maximum atomic E-state index is 13.6. The quantitative estimate of drug-likeness (QED) is 0.829. The van der Waals surface area contributed by atoms with Crippen molar-refractivity contribution < 1.29 is 9.18 Å². The van der Waals surface area contributed by atoms with Crippen molar-refractivity contribution in [2.45, 2.75) is 19.9 Å². The maximum absolute atomic E-state index is 13.6. The molecule has 1 atom stereocenters. The molecule has 19 heavy (non-hydrogen) atoms. The number of benzene rings is 1. The SMILES string of the molecule is Cc1ccc(C(C)N(C)C(=O)c2ccccc2F)s1. The summed E-state index contributed by atoms with van der Waals surface area (Å²) in [5.74, 6) is -0.773. The molecule has 2 aromatic rings. The van der Waals surface area contributed by atoms with Crippen molar-refractivity contribution in [1.29, 1.82) is 0 Å². The van der Waals surface area contributed by atoms with Gasteiger partial charge in [0.25, 0.3) is 5.91 Å². The van der Waals surface area contributed by atoms with Crippen LogP contribution in [0.25, 0.3) is 0 Å². The van der Waals surface area contributed by atoms with Gasteiger partial charge in [0.05, 0.1) is 11.6 Å². The first-order chi connectivity index (χ1) is 9.00. The fourth-order valence-electron chi connectivity index (χ4n) is 1.87. The van der Waals surface area contributed by atoms with Gasteiger partial charge in [0, 0.05) is 16.8 Å². The maximum Gasteiger partial charge on any atom is 0.257 e. The monoisotopic (exact) mass is 277 g/mol. The van der Waals surface area contributed by atoms with E-state index >= 15 is 0 Å². The van der Waals surface area contributed by atoms with E-state index in [4.69, 9.17) is 0 Å². The van der Waals surface area contributed by atoms with E-state index in [2.05, 4.69) is 0 Å². The lowest BCUT2D eigenvalue weighted by atomic mass is 10.1. The zero-order valence-corrected chi connectivity index (χ0v) is 12.0. The van der Waals surface area contributed by atoms with E-state index in [9.17, 15) is 9.18 Å². The Morgan fingerprint density at radius 1 is 1.26 bits per heavy atom. The number of thiophene rings is 1. The van der Waals surface area contributed by atoms with Gasteiger partial charge in [0.2, 0.25) is 0 Å². The van der Waals surface area contributed by atoms with Crippen LogP contribution >= 0.6 is 11.3 Å². The number of hydrogen-bond acceptors (Lipinski definition) is 2. The summed E-state index contributed by atoms with van der Waals surface area (Å²) in [5.41, 5.74) is 0.116. The summed E-state index contributed by atoms with van der Waals surface area (Å²) < 4.78 is 13.6. The minimum Gasteiger partial charge on any atom is -0.334 e. The molecular weight excluding hydrogens is 261 g/mol. The summed E-state index contributed by atoms with van der Waals surface area (Å²) in [6.45, 7) is 3.98. The third kappa shape index (κ3) is 2.84. The molecule has 0 aliphatic rings. The van der Waals surface area contributed by atoms with E-state index in [0.717, 1.165) is 4.88 Å². The summed E-state index contributed by atoms with van der Waals surface area (Å²) in [4.78, 5) is 16.2. The van der Waals surface area contributed by atoms with Gasteiger partial charge in [-0.1, -0.05) is 12.1 Å². The van der Waals surface area contributed by atoms with E-state index in [-0.39, 0.29) is 17.5 Å². The number of halogens is 1. The zero-order valence-electron chi connectivity index (χ0n) is 11.2. The Morgan fingerprint density at radius 2 is 1.95 bits per heavy atom. The first-order valence-electron chi connectivity index (χ1n) is 6.08. The number of carbonyl (C=O) groups excluding carboxylic acids is 1. The predicted octanol–water partition coefficient (Wildman–Crippen LogP) is 4.03. The van der Waals surface area contributed by atoms with E-state index in [1.165, 1.54) is 17.0 Å².